The van der Waals surface area contributed by atoms with Gasteiger partial charge in [0.25, 0.3) is 0 Å². The zero-order valence-electron chi connectivity index (χ0n) is 24.9. The van der Waals surface area contributed by atoms with E-state index in [1.54, 1.807) is 18.6 Å². The van der Waals surface area contributed by atoms with Gasteiger partial charge in [0.1, 0.15) is 11.6 Å². The number of aliphatic imine (C=N–C) groups is 1. The predicted octanol–water partition coefficient (Wildman–Crippen LogP) is 6.77. The van der Waals surface area contributed by atoms with E-state index >= 15 is 0 Å². The number of likely N-dealkylation sites (N-methyl/N-ethyl adjacent to an activating group) is 1. The van der Waals surface area contributed by atoms with Crippen LogP contribution in [0, 0.1) is 0 Å². The van der Waals surface area contributed by atoms with Crippen LogP contribution in [-0.2, 0) is 6.42 Å². The fraction of sp³-hybridized carbons (Fsp3) is 0.333. The van der Waals surface area contributed by atoms with Gasteiger partial charge >= 0.3 is 0 Å². The first kappa shape index (κ1) is 33.4. The molecule has 0 radical (unpaired) electrons. The molecule has 41 heavy (non-hydrogen) atoms. The molecule has 1 aromatic heterocycles. The minimum atomic E-state index is -0.280. The van der Waals surface area contributed by atoms with Gasteiger partial charge in [0.05, 0.1) is 11.7 Å². The minimum Gasteiger partial charge on any atom is -0.389 e. The number of unbranched alkanes of at least 4 members (excludes halogenated alkanes) is 1. The molecule has 2 aromatic rings. The van der Waals surface area contributed by atoms with Gasteiger partial charge in [-0.15, -0.1) is 6.58 Å². The number of anilines is 1. The highest BCUT2D eigenvalue weighted by Crippen LogP contribution is 2.34. The Labute approximate surface area is 251 Å². The van der Waals surface area contributed by atoms with Crippen molar-refractivity contribution in [3.8, 4) is 0 Å². The van der Waals surface area contributed by atoms with Crippen LogP contribution in [0.4, 0.5) is 5.82 Å². The maximum absolute atomic E-state index is 6.79. The van der Waals surface area contributed by atoms with Crippen molar-refractivity contribution in [2.24, 2.45) is 10.7 Å². The number of nitrogens with one attached hydrogen (secondary N) is 4. The van der Waals surface area contributed by atoms with Crippen LogP contribution in [0.3, 0.4) is 0 Å². The normalized spacial score (nSPS) is 14.0. The molecule has 0 aliphatic heterocycles. The number of hydrogen-bond acceptors (Lipinski definition) is 7. The molecule has 0 saturated heterocycles. The molecule has 2 unspecified atom stereocenters. The summed E-state index contributed by atoms with van der Waals surface area (Å²) in [5.41, 5.74) is 12.2. The summed E-state index contributed by atoms with van der Waals surface area (Å²) in [7, 11) is 1.92. The molecule has 0 saturated carbocycles. The molecular weight excluding hydrogens is 530 g/mol. The van der Waals surface area contributed by atoms with Gasteiger partial charge in [-0.3, -0.25) is 0 Å². The quantitative estimate of drug-likeness (QED) is 0.0582. The number of hydrogen-bond donors (Lipinski definition) is 5. The van der Waals surface area contributed by atoms with Gasteiger partial charge in [-0.1, -0.05) is 56.0 Å². The van der Waals surface area contributed by atoms with E-state index in [9.17, 15) is 0 Å². The zero-order valence-corrected chi connectivity index (χ0v) is 25.7. The van der Waals surface area contributed by atoms with E-state index in [0.29, 0.717) is 17.4 Å². The van der Waals surface area contributed by atoms with Crippen LogP contribution in [0.5, 0.6) is 0 Å². The number of nitrogens with zero attached hydrogens (tertiary/aromatic N) is 2. The van der Waals surface area contributed by atoms with Crippen molar-refractivity contribution in [2.75, 3.05) is 18.9 Å². The summed E-state index contributed by atoms with van der Waals surface area (Å²) < 4.78 is 0. The molecule has 6 N–H and O–H groups in total. The highest BCUT2D eigenvalue weighted by Gasteiger charge is 2.27. The monoisotopic (exact) mass is 575 g/mol. The number of allylic oxidation sites excluding steroid dienone is 2. The van der Waals surface area contributed by atoms with E-state index < -0.39 is 0 Å². The molecule has 220 valence electrons. The van der Waals surface area contributed by atoms with Crippen LogP contribution in [0.15, 0.2) is 102 Å². The van der Waals surface area contributed by atoms with Gasteiger partial charge in [-0.05, 0) is 87.7 Å². The fourth-order valence-electron chi connectivity index (χ4n) is 4.66. The summed E-state index contributed by atoms with van der Waals surface area (Å²) in [6, 6.07) is 11.9. The van der Waals surface area contributed by atoms with Gasteiger partial charge in [0, 0.05) is 41.3 Å². The number of halogens is 1. The molecule has 0 fully saturated rings. The first-order chi connectivity index (χ1) is 19.8. The maximum Gasteiger partial charge on any atom is 0.130 e. The first-order valence-electron chi connectivity index (χ1n) is 14.0. The molecule has 2 atom stereocenters. The molecule has 0 aliphatic rings. The molecule has 8 heteroatoms. The third-order valence-corrected chi connectivity index (χ3v) is 6.87. The molecule has 1 heterocycles. The van der Waals surface area contributed by atoms with E-state index in [-0.39, 0.29) is 12.1 Å². The van der Waals surface area contributed by atoms with Crippen molar-refractivity contribution in [1.29, 1.82) is 0 Å². The second-order valence-corrected chi connectivity index (χ2v) is 10.1. The summed E-state index contributed by atoms with van der Waals surface area (Å²) in [4.78, 5) is 8.85. The van der Waals surface area contributed by atoms with Gasteiger partial charge in [0.2, 0.25) is 0 Å². The third-order valence-electron chi connectivity index (χ3n) is 6.68. The molecule has 7 nitrogen and oxygen atoms in total. The Morgan fingerprint density at radius 1 is 1.22 bits per heavy atom. The van der Waals surface area contributed by atoms with Crippen LogP contribution in [0.1, 0.15) is 62.8 Å². The lowest BCUT2D eigenvalue weighted by atomic mass is 9.89. The minimum absolute atomic E-state index is 0.0802. The third kappa shape index (κ3) is 9.95. The van der Waals surface area contributed by atoms with Crippen molar-refractivity contribution in [2.45, 2.75) is 58.5 Å². The average Bonchev–Trinajstić information content (AvgIpc) is 2.97. The number of aryl methyl sites for hydroxylation is 1. The summed E-state index contributed by atoms with van der Waals surface area (Å²) in [6.07, 6.45) is 10.7. The van der Waals surface area contributed by atoms with Crippen molar-refractivity contribution >= 4 is 29.3 Å². The number of aromatic nitrogens is 1. The predicted molar refractivity (Wildman–Crippen MR) is 178 cm³/mol. The summed E-state index contributed by atoms with van der Waals surface area (Å²) in [5.74, 6) is 1.14. The highest BCUT2D eigenvalue weighted by molar-refractivity contribution is 6.29. The summed E-state index contributed by atoms with van der Waals surface area (Å²) in [5, 5.41) is 14.3. The molecular formula is C33H46ClN7. The van der Waals surface area contributed by atoms with Gasteiger partial charge in [-0.25, -0.2) is 9.98 Å². The maximum atomic E-state index is 6.79. The molecule has 0 bridgehead atoms. The highest BCUT2D eigenvalue weighted by atomic mass is 35.5. The van der Waals surface area contributed by atoms with Crippen LogP contribution < -0.4 is 27.0 Å². The molecule has 2 rings (SSSR count). The second-order valence-electron chi connectivity index (χ2n) is 9.58. The Hall–Kier alpha value is -3.81. The SMILES string of the molecule is C=CCCCC(CNC=C)NC(=C(/C)Cl)/C(=C(N)\N=C/C)C(NC)c1ccc(C(=C)Nc2ccccn2)cc1CC. The number of benzene rings is 1. The van der Waals surface area contributed by atoms with E-state index in [2.05, 4.69) is 76.1 Å². The largest absolute Gasteiger partial charge is 0.389 e. The standard InChI is InChI=1S/C33H46ClN7/c1-8-12-13-16-27(22-37-10-3)41-31(23(5)34)30(33(35)38-11-4)32(36-7)28-19-18-26(21-25(28)9-2)24(6)40-29-17-14-15-20-39-29/h8,10-11,14-15,17-21,27,32,36-37,41H,1,3,6,9,12-13,16,22,35H2,2,4-5,7H3,(H,39,40)/b31-23-,33-30+,38-11-. The van der Waals surface area contributed by atoms with Crippen molar-refractivity contribution < 1.29 is 0 Å². The average molecular weight is 576 g/mol. The van der Waals surface area contributed by atoms with E-state index in [0.717, 1.165) is 65.2 Å². The Balaban J connectivity index is 2.55. The van der Waals surface area contributed by atoms with Crippen molar-refractivity contribution in [1.82, 2.24) is 20.9 Å². The summed E-state index contributed by atoms with van der Waals surface area (Å²) in [6.45, 7) is 18.5. The molecule has 0 aliphatic carbocycles. The van der Waals surface area contributed by atoms with Crippen LogP contribution in [0.2, 0.25) is 0 Å². The Morgan fingerprint density at radius 3 is 2.59 bits per heavy atom. The number of nitrogens with two attached hydrogens (primary N) is 1. The van der Waals surface area contributed by atoms with Gasteiger partial charge in [-0.2, -0.15) is 0 Å². The van der Waals surface area contributed by atoms with E-state index in [1.165, 1.54) is 0 Å². The Morgan fingerprint density at radius 2 is 2.00 bits per heavy atom. The second kappa shape index (κ2) is 17.8. The summed E-state index contributed by atoms with van der Waals surface area (Å²) >= 11 is 6.79. The zero-order chi connectivity index (χ0) is 30.2. The van der Waals surface area contributed by atoms with Crippen LogP contribution in [0.25, 0.3) is 5.70 Å². The lowest BCUT2D eigenvalue weighted by Crippen LogP contribution is -2.39. The van der Waals surface area contributed by atoms with Crippen LogP contribution >= 0.6 is 11.6 Å². The van der Waals surface area contributed by atoms with E-state index in [1.807, 2.05) is 45.2 Å². The van der Waals surface area contributed by atoms with Gasteiger partial charge in [0.15, 0.2) is 0 Å². The fourth-order valence-corrected chi connectivity index (χ4v) is 4.81. The molecule has 0 spiro atoms. The number of rotatable bonds is 18. The number of pyridine rings is 1. The Kier molecular flexibility index (Phi) is 14.5. The molecule has 1 aromatic carbocycles. The van der Waals surface area contributed by atoms with Crippen molar-refractivity contribution in [3.05, 3.63) is 113 Å². The molecule has 0 amide bonds. The lowest BCUT2D eigenvalue weighted by Gasteiger charge is -2.30. The van der Waals surface area contributed by atoms with Crippen molar-refractivity contribution in [3.63, 3.8) is 0 Å². The topological polar surface area (TPSA) is 99.4 Å². The smallest absolute Gasteiger partial charge is 0.130 e. The van der Waals surface area contributed by atoms with Gasteiger partial charge < -0.3 is 27.0 Å². The first-order valence-corrected chi connectivity index (χ1v) is 14.4. The van der Waals surface area contributed by atoms with E-state index in [4.69, 9.17) is 17.3 Å². The lowest BCUT2D eigenvalue weighted by molar-refractivity contribution is 0.491. The Bertz CT molecular complexity index is 1240. The van der Waals surface area contributed by atoms with Crippen LogP contribution in [-0.4, -0.2) is 30.8 Å².